The summed E-state index contributed by atoms with van der Waals surface area (Å²) >= 11 is 0. The molecule has 0 atom stereocenters. The minimum absolute atomic E-state index is 1.66. The van der Waals surface area contributed by atoms with Gasteiger partial charge >= 0.3 is 7.37 Å². The molecule has 0 aliphatic carbocycles. The van der Waals surface area contributed by atoms with Crippen molar-refractivity contribution in [1.29, 1.82) is 0 Å². The molecule has 0 rings (SSSR count). The molecule has 0 amide bonds. The standard InChI is InChI=1S/C6H3O2P/c1-4-8-9(7,5-2)6-3/h1-3H. The summed E-state index contributed by atoms with van der Waals surface area (Å²) in [5, 5.41) is 0. The summed E-state index contributed by atoms with van der Waals surface area (Å²) < 4.78 is 14.9. The quantitative estimate of drug-likeness (QED) is 0.400. The summed E-state index contributed by atoms with van der Waals surface area (Å²) in [4.78, 5) is 0. The molecule has 0 N–H and O–H groups in total. The highest BCUT2D eigenvalue weighted by atomic mass is 31.2. The predicted octanol–water partition coefficient (Wildman–Crippen LogP) is 1.05. The lowest BCUT2D eigenvalue weighted by atomic mass is 11.3. The molecule has 0 saturated carbocycles. The second-order valence-electron chi connectivity index (χ2n) is 1.02. The molecule has 0 radical (unpaired) electrons. The summed E-state index contributed by atoms with van der Waals surface area (Å²) in [7, 11) is -3.36. The third-order valence-corrected chi connectivity index (χ3v) is 1.56. The zero-order valence-electron chi connectivity index (χ0n) is 4.50. The lowest BCUT2D eigenvalue weighted by molar-refractivity contribution is 0.486. The molecule has 0 fully saturated rings. The van der Waals surface area contributed by atoms with Crippen LogP contribution in [0.15, 0.2) is 0 Å². The topological polar surface area (TPSA) is 26.3 Å². The lowest BCUT2D eigenvalue weighted by Gasteiger charge is -1.96. The van der Waals surface area contributed by atoms with E-state index in [0.29, 0.717) is 0 Å². The maximum absolute atomic E-state index is 10.7. The molecule has 0 aromatic carbocycles. The fourth-order valence-corrected chi connectivity index (χ4v) is 0.493. The average Bonchev–Trinajstić information content (AvgIpc) is 1.89. The molecule has 0 aromatic rings. The Morgan fingerprint density at radius 2 is 1.67 bits per heavy atom. The van der Waals surface area contributed by atoms with Crippen molar-refractivity contribution < 1.29 is 9.09 Å². The Hall–Kier alpha value is -1.29. The zero-order chi connectivity index (χ0) is 7.33. The molecular weight excluding hydrogens is 135 g/mol. The van der Waals surface area contributed by atoms with Crippen LogP contribution in [0.4, 0.5) is 0 Å². The van der Waals surface area contributed by atoms with E-state index in [4.69, 9.17) is 12.8 Å². The van der Waals surface area contributed by atoms with Crippen molar-refractivity contribution in [3.63, 3.8) is 0 Å². The van der Waals surface area contributed by atoms with Crippen LogP contribution in [0.5, 0.6) is 0 Å². The first-order chi connectivity index (χ1) is 4.18. The van der Waals surface area contributed by atoms with Crippen LogP contribution < -0.4 is 0 Å². The summed E-state index contributed by atoms with van der Waals surface area (Å²) in [6.45, 7) is 0. The van der Waals surface area contributed by atoms with E-state index in [9.17, 15) is 4.57 Å². The molecule has 2 nitrogen and oxygen atoms in total. The molecule has 0 heterocycles. The Morgan fingerprint density at radius 3 is 1.78 bits per heavy atom. The third-order valence-electron chi connectivity index (χ3n) is 0.521. The van der Waals surface area contributed by atoms with Gasteiger partial charge in [-0.1, -0.05) is 6.42 Å². The Morgan fingerprint density at radius 1 is 1.22 bits per heavy atom. The maximum Gasteiger partial charge on any atom is 0.399 e. The average molecular weight is 138 g/mol. The summed E-state index contributed by atoms with van der Waals surface area (Å²) in [5.41, 5.74) is 3.57. The van der Waals surface area contributed by atoms with Crippen molar-refractivity contribution in [3.8, 4) is 36.7 Å². The molecule has 0 saturated heterocycles. The van der Waals surface area contributed by atoms with Crippen molar-refractivity contribution in [1.82, 2.24) is 0 Å². The van der Waals surface area contributed by atoms with Gasteiger partial charge in [0.2, 0.25) is 0 Å². The Bertz CT molecular complexity index is 240. The second kappa shape index (κ2) is 2.88. The molecule has 9 heavy (non-hydrogen) atoms. The third kappa shape index (κ3) is 1.96. The fourth-order valence-electron chi connectivity index (χ4n) is 0.164. The van der Waals surface area contributed by atoms with Crippen LogP contribution in [0, 0.1) is 36.7 Å². The van der Waals surface area contributed by atoms with Gasteiger partial charge in [0.05, 0.1) is 0 Å². The van der Waals surface area contributed by atoms with Gasteiger partial charge in [0.1, 0.15) is 6.11 Å². The van der Waals surface area contributed by atoms with Crippen LogP contribution in [-0.2, 0) is 9.09 Å². The number of rotatable bonds is 1. The van der Waals surface area contributed by atoms with Gasteiger partial charge in [0.25, 0.3) is 0 Å². The van der Waals surface area contributed by atoms with Gasteiger partial charge < -0.3 is 4.52 Å². The van der Waals surface area contributed by atoms with Crippen LogP contribution in [0.25, 0.3) is 0 Å². The number of hydrogen-bond acceptors (Lipinski definition) is 2. The molecule has 0 spiro atoms. The maximum atomic E-state index is 10.7. The molecule has 0 unspecified atom stereocenters. The van der Waals surface area contributed by atoms with E-state index in [0.717, 1.165) is 0 Å². The smallest absolute Gasteiger partial charge is 0.373 e. The predicted molar refractivity (Wildman–Crippen MR) is 35.2 cm³/mol. The highest BCUT2D eigenvalue weighted by Crippen LogP contribution is 2.42. The van der Waals surface area contributed by atoms with Crippen LogP contribution in [0.1, 0.15) is 0 Å². The Balaban J connectivity index is 4.46. The minimum atomic E-state index is -3.36. The SMILES string of the molecule is C#COP(=O)(C#C)C#C. The zero-order valence-corrected chi connectivity index (χ0v) is 5.39. The van der Waals surface area contributed by atoms with Crippen LogP contribution in [0.3, 0.4) is 0 Å². The second-order valence-corrected chi connectivity index (χ2v) is 2.82. The molecule has 0 aliphatic rings. The van der Waals surface area contributed by atoms with Gasteiger partial charge in [-0.3, -0.25) is 0 Å². The van der Waals surface area contributed by atoms with Crippen LogP contribution in [0.2, 0.25) is 0 Å². The van der Waals surface area contributed by atoms with Gasteiger partial charge in [0.15, 0.2) is 0 Å². The van der Waals surface area contributed by atoms with Crippen molar-refractivity contribution in [2.75, 3.05) is 0 Å². The molecule has 0 aromatic heterocycles. The van der Waals surface area contributed by atoms with Gasteiger partial charge in [-0.15, -0.1) is 12.8 Å². The number of hydrogen-bond donors (Lipinski definition) is 0. The Kier molecular flexibility index (Phi) is 2.47. The molecule has 0 aliphatic heterocycles. The van der Waals surface area contributed by atoms with Crippen molar-refractivity contribution >= 4 is 7.37 Å². The van der Waals surface area contributed by atoms with Crippen molar-refractivity contribution in [2.45, 2.75) is 0 Å². The summed E-state index contributed by atoms with van der Waals surface area (Å²) in [6.07, 6.45) is 15.7. The fraction of sp³-hybridized carbons (Fsp3) is 0. The van der Waals surface area contributed by atoms with Gasteiger partial charge in [-0.05, 0) is 0 Å². The summed E-state index contributed by atoms with van der Waals surface area (Å²) in [6, 6.07) is 0. The first kappa shape index (κ1) is 7.71. The lowest BCUT2D eigenvalue weighted by Crippen LogP contribution is -1.73. The first-order valence-electron chi connectivity index (χ1n) is 1.88. The number of terminal acetylenes is 3. The Labute approximate surface area is 54.1 Å². The molecule has 44 valence electrons. The van der Waals surface area contributed by atoms with E-state index in [2.05, 4.69) is 10.9 Å². The van der Waals surface area contributed by atoms with Gasteiger partial charge in [-0.25, -0.2) is 4.57 Å². The van der Waals surface area contributed by atoms with Crippen LogP contribution >= 0.6 is 7.37 Å². The first-order valence-corrected chi connectivity index (χ1v) is 3.51. The van der Waals surface area contributed by atoms with E-state index in [1.807, 2.05) is 0 Å². The minimum Gasteiger partial charge on any atom is -0.373 e. The van der Waals surface area contributed by atoms with E-state index >= 15 is 0 Å². The van der Waals surface area contributed by atoms with E-state index < -0.39 is 7.37 Å². The monoisotopic (exact) mass is 138 g/mol. The van der Waals surface area contributed by atoms with Crippen molar-refractivity contribution in [2.24, 2.45) is 0 Å². The molecule has 3 heteroatoms. The van der Waals surface area contributed by atoms with Crippen LogP contribution in [-0.4, -0.2) is 0 Å². The van der Waals surface area contributed by atoms with Crippen molar-refractivity contribution in [3.05, 3.63) is 0 Å². The summed E-state index contributed by atoms with van der Waals surface area (Å²) in [5.74, 6) is 0. The molecular formula is C6H3O2P. The highest BCUT2D eigenvalue weighted by Gasteiger charge is 2.13. The molecule has 0 bridgehead atoms. The van der Waals surface area contributed by atoms with Gasteiger partial charge in [-0.2, -0.15) is 0 Å². The normalized spacial score (nSPS) is 8.11. The van der Waals surface area contributed by atoms with E-state index in [-0.39, 0.29) is 0 Å². The van der Waals surface area contributed by atoms with E-state index in [1.54, 1.807) is 17.4 Å². The largest absolute Gasteiger partial charge is 0.399 e. The highest BCUT2D eigenvalue weighted by molar-refractivity contribution is 7.69. The van der Waals surface area contributed by atoms with E-state index in [1.165, 1.54) is 0 Å². The van der Waals surface area contributed by atoms with Gasteiger partial charge in [0, 0.05) is 11.3 Å².